The number of rotatable bonds is 7. The number of carbonyl (C=O) groups excluding carboxylic acids is 2. The molecule has 2 rings (SSSR count). The van der Waals surface area contributed by atoms with Gasteiger partial charge in [0, 0.05) is 11.6 Å². The van der Waals surface area contributed by atoms with Crippen LogP contribution in [0.15, 0.2) is 52.6 Å². The Labute approximate surface area is 143 Å². The maximum Gasteiger partial charge on any atom is 0.433 e. The Kier molecular flexibility index (Phi) is 6.05. The zero-order chi connectivity index (χ0) is 18.2. The lowest BCUT2D eigenvalue weighted by molar-refractivity contribution is -0.402. The van der Waals surface area contributed by atoms with Crippen molar-refractivity contribution < 1.29 is 23.7 Å². The Hall–Kier alpha value is -3.42. The summed E-state index contributed by atoms with van der Waals surface area (Å²) in [6.45, 7) is 2.00. The van der Waals surface area contributed by atoms with Crippen molar-refractivity contribution in [2.75, 3.05) is 6.61 Å². The van der Waals surface area contributed by atoms with Gasteiger partial charge in [0.2, 0.25) is 0 Å². The van der Waals surface area contributed by atoms with Crippen molar-refractivity contribution in [3.63, 3.8) is 0 Å². The number of nitro groups is 1. The average molecular weight is 344 g/mol. The third-order valence-corrected chi connectivity index (χ3v) is 3.02. The summed E-state index contributed by atoms with van der Waals surface area (Å²) in [6, 6.07) is 10.8. The molecule has 1 aromatic heterocycles. The normalized spacial score (nSPS) is 11.0. The van der Waals surface area contributed by atoms with Gasteiger partial charge in [-0.3, -0.25) is 14.9 Å². The monoisotopic (exact) mass is 344 g/mol. The smallest absolute Gasteiger partial charge is 0.433 e. The van der Waals surface area contributed by atoms with Crippen molar-refractivity contribution in [3.8, 4) is 0 Å². The van der Waals surface area contributed by atoms with Crippen LogP contribution in [0.2, 0.25) is 0 Å². The molecule has 0 radical (unpaired) electrons. The van der Waals surface area contributed by atoms with Crippen molar-refractivity contribution in [1.82, 2.24) is 5.32 Å². The Morgan fingerprint density at radius 3 is 2.56 bits per heavy atom. The number of nitrogens with zero attached hydrogens (tertiary/aromatic N) is 1. The lowest BCUT2D eigenvalue weighted by atomic mass is 10.2. The zero-order valence-electron chi connectivity index (χ0n) is 13.4. The topological polar surface area (TPSA) is 112 Å². The number of benzene rings is 1. The molecule has 8 nitrogen and oxygen atoms in total. The number of amides is 1. The highest BCUT2D eigenvalue weighted by atomic mass is 16.6. The molecule has 1 heterocycles. The van der Waals surface area contributed by atoms with Gasteiger partial charge in [0.25, 0.3) is 5.91 Å². The quantitative estimate of drug-likeness (QED) is 0.358. The Morgan fingerprint density at radius 1 is 1.24 bits per heavy atom. The van der Waals surface area contributed by atoms with Crippen LogP contribution in [-0.4, -0.2) is 23.4 Å². The van der Waals surface area contributed by atoms with Gasteiger partial charge in [0.1, 0.15) is 16.4 Å². The molecule has 0 saturated heterocycles. The number of hydrogen-bond acceptors (Lipinski definition) is 6. The molecule has 0 aliphatic rings. The highest BCUT2D eigenvalue weighted by molar-refractivity contribution is 6.03. The van der Waals surface area contributed by atoms with E-state index in [9.17, 15) is 19.7 Å². The maximum absolute atomic E-state index is 12.2. The Bertz CT molecular complexity index is 794. The van der Waals surface area contributed by atoms with Crippen LogP contribution >= 0.6 is 0 Å². The molecule has 0 aliphatic carbocycles. The summed E-state index contributed by atoms with van der Waals surface area (Å²) >= 11 is 0. The fourth-order valence-corrected chi connectivity index (χ4v) is 1.86. The number of ether oxygens (including phenoxy) is 1. The van der Waals surface area contributed by atoms with E-state index in [4.69, 9.17) is 9.15 Å². The van der Waals surface area contributed by atoms with E-state index in [0.29, 0.717) is 12.0 Å². The van der Waals surface area contributed by atoms with Gasteiger partial charge in [-0.1, -0.05) is 25.1 Å². The molecule has 0 unspecified atom stereocenters. The van der Waals surface area contributed by atoms with Crippen molar-refractivity contribution >= 4 is 23.8 Å². The highest BCUT2D eigenvalue weighted by Gasteiger charge is 2.18. The standard InChI is InChI=1S/C17H16N2O6/c1-2-10-24-17(21)14(11-13-8-9-15(25-13)19(22)23)18-16(20)12-6-4-3-5-7-12/h3-9,11H,2,10H2,1H3,(H,18,20). The van der Waals surface area contributed by atoms with Crippen LogP contribution in [0.3, 0.4) is 0 Å². The lowest BCUT2D eigenvalue weighted by Gasteiger charge is -2.09. The largest absolute Gasteiger partial charge is 0.461 e. The van der Waals surface area contributed by atoms with Gasteiger partial charge in [0.05, 0.1) is 12.7 Å². The van der Waals surface area contributed by atoms with Crippen LogP contribution in [0.25, 0.3) is 6.08 Å². The molecule has 2 aromatic rings. The Balaban J connectivity index is 2.25. The van der Waals surface area contributed by atoms with Gasteiger partial charge < -0.3 is 14.5 Å². The van der Waals surface area contributed by atoms with Crippen molar-refractivity contribution in [1.29, 1.82) is 0 Å². The second-order valence-electron chi connectivity index (χ2n) is 4.95. The molecule has 1 amide bonds. The van der Waals surface area contributed by atoms with Crippen molar-refractivity contribution in [2.24, 2.45) is 0 Å². The van der Waals surface area contributed by atoms with Crippen LogP contribution in [0, 0.1) is 10.1 Å². The summed E-state index contributed by atoms with van der Waals surface area (Å²) < 4.78 is 10.0. The van der Waals surface area contributed by atoms with E-state index in [2.05, 4.69) is 5.32 Å². The van der Waals surface area contributed by atoms with Crippen molar-refractivity contribution in [3.05, 3.63) is 69.6 Å². The highest BCUT2D eigenvalue weighted by Crippen LogP contribution is 2.18. The summed E-state index contributed by atoms with van der Waals surface area (Å²) in [4.78, 5) is 34.3. The molecule has 1 aromatic carbocycles. The molecule has 0 spiro atoms. The average Bonchev–Trinajstić information content (AvgIpc) is 3.08. The van der Waals surface area contributed by atoms with Crippen LogP contribution in [0.4, 0.5) is 5.88 Å². The number of nitrogens with one attached hydrogen (secondary N) is 1. The first-order chi connectivity index (χ1) is 12.0. The summed E-state index contributed by atoms with van der Waals surface area (Å²) in [5.74, 6) is -1.70. The van der Waals surface area contributed by atoms with Crippen LogP contribution < -0.4 is 5.32 Å². The fraction of sp³-hybridized carbons (Fsp3) is 0.176. The lowest BCUT2D eigenvalue weighted by Crippen LogP contribution is -2.28. The fourth-order valence-electron chi connectivity index (χ4n) is 1.86. The van der Waals surface area contributed by atoms with E-state index in [1.165, 1.54) is 12.1 Å². The van der Waals surface area contributed by atoms with Gasteiger partial charge in [-0.2, -0.15) is 0 Å². The molecule has 0 aliphatic heterocycles. The number of esters is 1. The number of hydrogen-bond donors (Lipinski definition) is 1. The second kappa shape index (κ2) is 8.44. The van der Waals surface area contributed by atoms with E-state index in [1.54, 1.807) is 30.3 Å². The molecule has 0 saturated carbocycles. The molecule has 1 N–H and O–H groups in total. The molecule has 0 fully saturated rings. The molecular formula is C17H16N2O6. The van der Waals surface area contributed by atoms with Gasteiger partial charge in [0.15, 0.2) is 0 Å². The third-order valence-electron chi connectivity index (χ3n) is 3.02. The van der Waals surface area contributed by atoms with Crippen molar-refractivity contribution in [2.45, 2.75) is 13.3 Å². The first kappa shape index (κ1) is 17.9. The van der Waals surface area contributed by atoms with Gasteiger partial charge in [-0.25, -0.2) is 4.79 Å². The van der Waals surface area contributed by atoms with Crippen LogP contribution in [0.5, 0.6) is 0 Å². The number of carbonyl (C=O) groups is 2. The van der Waals surface area contributed by atoms with E-state index in [1.807, 2.05) is 6.92 Å². The number of furan rings is 1. The summed E-state index contributed by atoms with van der Waals surface area (Å²) in [5, 5.41) is 13.1. The van der Waals surface area contributed by atoms with Crippen LogP contribution in [0.1, 0.15) is 29.5 Å². The minimum Gasteiger partial charge on any atom is -0.461 e. The predicted molar refractivity (Wildman–Crippen MR) is 88.5 cm³/mol. The molecule has 0 bridgehead atoms. The molecule has 25 heavy (non-hydrogen) atoms. The second-order valence-corrected chi connectivity index (χ2v) is 4.95. The minimum atomic E-state index is -0.759. The van der Waals surface area contributed by atoms with Gasteiger partial charge in [-0.15, -0.1) is 0 Å². The summed E-state index contributed by atoms with van der Waals surface area (Å²) in [6.07, 6.45) is 1.80. The SMILES string of the molecule is CCCOC(=O)C(=Cc1ccc([N+](=O)[O-])o1)NC(=O)c1ccccc1. The maximum atomic E-state index is 12.2. The molecule has 0 atom stereocenters. The van der Waals surface area contributed by atoms with Gasteiger partial charge >= 0.3 is 11.9 Å². The summed E-state index contributed by atoms with van der Waals surface area (Å²) in [7, 11) is 0. The van der Waals surface area contributed by atoms with Gasteiger partial charge in [-0.05, 0) is 24.6 Å². The minimum absolute atomic E-state index is 0.0449. The molecule has 130 valence electrons. The third kappa shape index (κ3) is 5.03. The van der Waals surface area contributed by atoms with E-state index >= 15 is 0 Å². The Morgan fingerprint density at radius 2 is 1.96 bits per heavy atom. The molecular weight excluding hydrogens is 328 g/mol. The predicted octanol–water partition coefficient (Wildman–Crippen LogP) is 2.91. The first-order valence-corrected chi connectivity index (χ1v) is 7.50. The molecule has 8 heteroatoms. The first-order valence-electron chi connectivity index (χ1n) is 7.50. The van der Waals surface area contributed by atoms with E-state index in [-0.39, 0.29) is 18.1 Å². The summed E-state index contributed by atoms with van der Waals surface area (Å²) in [5.41, 5.74) is 0.175. The van der Waals surface area contributed by atoms with E-state index < -0.39 is 22.7 Å². The van der Waals surface area contributed by atoms with Crippen LogP contribution in [-0.2, 0) is 9.53 Å². The van der Waals surface area contributed by atoms with E-state index in [0.717, 1.165) is 6.07 Å². The zero-order valence-corrected chi connectivity index (χ0v) is 13.4.